The summed E-state index contributed by atoms with van der Waals surface area (Å²) in [5.41, 5.74) is 2.25. The molecule has 2 rings (SSSR count). The molecule has 0 aliphatic carbocycles. The fourth-order valence-electron chi connectivity index (χ4n) is 1.56. The summed E-state index contributed by atoms with van der Waals surface area (Å²) in [4.78, 5) is 14.9. The molecule has 0 bridgehead atoms. The molecule has 1 aromatic heterocycles. The highest BCUT2D eigenvalue weighted by molar-refractivity contribution is 6.31. The topological polar surface area (TPSA) is 62.2 Å². The molecule has 0 fully saturated rings. The van der Waals surface area contributed by atoms with Gasteiger partial charge in [-0.05, 0) is 30.7 Å². The molecule has 18 heavy (non-hydrogen) atoms. The molecule has 2 aromatic rings. The van der Waals surface area contributed by atoms with Crippen LogP contribution in [0.15, 0.2) is 36.7 Å². The van der Waals surface area contributed by atoms with Gasteiger partial charge in [0, 0.05) is 23.1 Å². The van der Waals surface area contributed by atoms with Crippen molar-refractivity contribution in [1.29, 1.82) is 0 Å². The lowest BCUT2D eigenvalue weighted by Crippen LogP contribution is -2.04. The number of rotatable bonds is 3. The zero-order valence-corrected chi connectivity index (χ0v) is 10.4. The second-order valence-corrected chi connectivity index (χ2v) is 4.17. The van der Waals surface area contributed by atoms with Gasteiger partial charge in [0.05, 0.1) is 5.69 Å². The van der Waals surface area contributed by atoms with Crippen molar-refractivity contribution in [1.82, 2.24) is 4.98 Å². The number of carbonyl (C=O) groups is 1. The van der Waals surface area contributed by atoms with E-state index in [0.29, 0.717) is 10.7 Å². The highest BCUT2D eigenvalue weighted by atomic mass is 35.5. The summed E-state index contributed by atoms with van der Waals surface area (Å²) in [6.45, 7) is 1.87. The number of benzene rings is 1. The van der Waals surface area contributed by atoms with Gasteiger partial charge in [0.2, 0.25) is 0 Å². The molecule has 1 aromatic carbocycles. The highest BCUT2D eigenvalue weighted by Crippen LogP contribution is 2.27. The van der Waals surface area contributed by atoms with Crippen LogP contribution in [0, 0.1) is 6.92 Å². The van der Waals surface area contributed by atoms with Crippen LogP contribution in [0.5, 0.6) is 0 Å². The highest BCUT2D eigenvalue weighted by Gasteiger charge is 2.11. The third-order valence-corrected chi connectivity index (χ3v) is 3.00. The lowest BCUT2D eigenvalue weighted by molar-refractivity contribution is 0.0697. The van der Waals surface area contributed by atoms with Gasteiger partial charge in [-0.25, -0.2) is 4.79 Å². The van der Waals surface area contributed by atoms with Gasteiger partial charge in [-0.15, -0.1) is 0 Å². The smallest absolute Gasteiger partial charge is 0.339 e. The summed E-state index contributed by atoms with van der Waals surface area (Å²) in [7, 11) is 0. The second kappa shape index (κ2) is 5.06. The molecule has 0 amide bonds. The number of pyridine rings is 1. The van der Waals surface area contributed by atoms with Gasteiger partial charge < -0.3 is 10.4 Å². The Hall–Kier alpha value is -2.07. The van der Waals surface area contributed by atoms with E-state index in [9.17, 15) is 4.79 Å². The van der Waals surface area contributed by atoms with Gasteiger partial charge in [-0.3, -0.25) is 4.98 Å². The van der Waals surface area contributed by atoms with Crippen molar-refractivity contribution >= 4 is 28.9 Å². The second-order valence-electron chi connectivity index (χ2n) is 3.76. The fraction of sp³-hybridized carbons (Fsp3) is 0.0769. The Balaban J connectivity index is 2.40. The number of nitrogens with one attached hydrogen (secondary N) is 1. The van der Waals surface area contributed by atoms with E-state index in [-0.39, 0.29) is 5.56 Å². The van der Waals surface area contributed by atoms with Crippen LogP contribution in [0.2, 0.25) is 5.02 Å². The molecular formula is C13H11ClN2O2. The van der Waals surface area contributed by atoms with Crippen LogP contribution in [0.25, 0.3) is 0 Å². The Bertz CT molecular complexity index is 599. The number of anilines is 2. The molecule has 4 nitrogen and oxygen atoms in total. The summed E-state index contributed by atoms with van der Waals surface area (Å²) >= 11 is 6.01. The molecule has 1 heterocycles. The predicted octanol–water partition coefficient (Wildman–Crippen LogP) is 3.49. The number of nitrogens with zero attached hydrogens (tertiary/aromatic N) is 1. The van der Waals surface area contributed by atoms with E-state index in [1.807, 2.05) is 13.0 Å². The lowest BCUT2D eigenvalue weighted by Gasteiger charge is -2.12. The van der Waals surface area contributed by atoms with Crippen LogP contribution >= 0.6 is 11.6 Å². The molecule has 0 radical (unpaired) electrons. The normalized spacial score (nSPS) is 10.1. The summed E-state index contributed by atoms with van der Waals surface area (Å²) in [5, 5.41) is 12.7. The van der Waals surface area contributed by atoms with Crippen LogP contribution in [-0.4, -0.2) is 16.1 Å². The molecule has 0 unspecified atom stereocenters. The summed E-state index contributed by atoms with van der Waals surface area (Å²) in [6.07, 6.45) is 2.85. The van der Waals surface area contributed by atoms with E-state index in [1.165, 1.54) is 12.4 Å². The molecule has 92 valence electrons. The molecule has 0 atom stereocenters. The molecule has 0 spiro atoms. The average Bonchev–Trinajstić information content (AvgIpc) is 2.35. The van der Waals surface area contributed by atoms with Crippen LogP contribution in [0.3, 0.4) is 0 Å². The van der Waals surface area contributed by atoms with Crippen LogP contribution < -0.4 is 5.32 Å². The first-order valence-corrected chi connectivity index (χ1v) is 5.67. The van der Waals surface area contributed by atoms with Crippen molar-refractivity contribution in [3.05, 3.63) is 52.8 Å². The molecule has 0 aliphatic rings. The Kier molecular flexibility index (Phi) is 3.48. The molecule has 2 N–H and O–H groups in total. The van der Waals surface area contributed by atoms with Gasteiger partial charge >= 0.3 is 5.97 Å². The quantitative estimate of drug-likeness (QED) is 0.889. The molecule has 0 saturated heterocycles. The van der Waals surface area contributed by atoms with E-state index < -0.39 is 5.97 Å². The van der Waals surface area contributed by atoms with E-state index in [0.717, 1.165) is 11.3 Å². The lowest BCUT2D eigenvalue weighted by atomic mass is 10.1. The van der Waals surface area contributed by atoms with Crippen molar-refractivity contribution in [3.8, 4) is 0 Å². The van der Waals surface area contributed by atoms with Gasteiger partial charge in [0.25, 0.3) is 0 Å². The Morgan fingerprint density at radius 2 is 2.11 bits per heavy atom. The summed E-state index contributed by atoms with van der Waals surface area (Å²) in [5.74, 6) is -1.02. The van der Waals surface area contributed by atoms with Gasteiger partial charge in [0.15, 0.2) is 0 Å². The largest absolute Gasteiger partial charge is 0.478 e. The van der Waals surface area contributed by atoms with Crippen LogP contribution in [-0.2, 0) is 0 Å². The Labute approximate surface area is 109 Å². The third kappa shape index (κ3) is 2.43. The minimum Gasteiger partial charge on any atom is -0.478 e. The van der Waals surface area contributed by atoms with Crippen molar-refractivity contribution in [2.45, 2.75) is 6.92 Å². The van der Waals surface area contributed by atoms with Gasteiger partial charge in [-0.2, -0.15) is 0 Å². The Morgan fingerprint density at radius 3 is 2.83 bits per heavy atom. The van der Waals surface area contributed by atoms with Gasteiger partial charge in [-0.1, -0.05) is 17.7 Å². The number of hydrogen-bond acceptors (Lipinski definition) is 3. The number of halogens is 1. The molecule has 0 aliphatic heterocycles. The number of carboxylic acid groups (broad SMARTS) is 1. The molecular weight excluding hydrogens is 252 g/mol. The first-order valence-electron chi connectivity index (χ1n) is 5.29. The first-order chi connectivity index (χ1) is 8.59. The number of hydrogen-bond donors (Lipinski definition) is 2. The summed E-state index contributed by atoms with van der Waals surface area (Å²) < 4.78 is 0. The number of aromatic carboxylic acids is 1. The van der Waals surface area contributed by atoms with E-state index in [4.69, 9.17) is 16.7 Å². The monoisotopic (exact) mass is 262 g/mol. The molecule has 5 heteroatoms. The Morgan fingerprint density at radius 1 is 1.33 bits per heavy atom. The van der Waals surface area contributed by atoms with Crippen LogP contribution in [0.1, 0.15) is 15.9 Å². The summed E-state index contributed by atoms with van der Waals surface area (Å²) in [6, 6.07) is 7.04. The van der Waals surface area contributed by atoms with E-state index in [1.54, 1.807) is 18.2 Å². The minimum absolute atomic E-state index is 0.122. The zero-order chi connectivity index (χ0) is 13.1. The minimum atomic E-state index is -1.02. The number of aromatic nitrogens is 1. The van der Waals surface area contributed by atoms with Crippen molar-refractivity contribution in [2.75, 3.05) is 5.32 Å². The maximum absolute atomic E-state index is 11.1. The predicted molar refractivity (Wildman–Crippen MR) is 70.7 cm³/mol. The SMILES string of the molecule is Cc1c(Cl)cccc1Nc1ccncc1C(=O)O. The fourth-order valence-corrected chi connectivity index (χ4v) is 1.74. The van der Waals surface area contributed by atoms with Crippen LogP contribution in [0.4, 0.5) is 11.4 Å². The standard InChI is InChI=1S/C13H11ClN2O2/c1-8-10(14)3-2-4-11(8)16-12-5-6-15-7-9(12)13(17)18/h2-7H,1H3,(H,15,16)(H,17,18). The van der Waals surface area contributed by atoms with Crippen molar-refractivity contribution in [2.24, 2.45) is 0 Å². The average molecular weight is 263 g/mol. The maximum Gasteiger partial charge on any atom is 0.339 e. The maximum atomic E-state index is 11.1. The van der Waals surface area contributed by atoms with Crippen molar-refractivity contribution in [3.63, 3.8) is 0 Å². The van der Waals surface area contributed by atoms with Gasteiger partial charge in [0.1, 0.15) is 5.56 Å². The van der Waals surface area contributed by atoms with Crippen molar-refractivity contribution < 1.29 is 9.90 Å². The molecule has 0 saturated carbocycles. The first kappa shape index (κ1) is 12.4. The zero-order valence-electron chi connectivity index (χ0n) is 9.64. The number of carboxylic acids is 1. The third-order valence-electron chi connectivity index (χ3n) is 2.59. The van der Waals surface area contributed by atoms with E-state index >= 15 is 0 Å². The van der Waals surface area contributed by atoms with E-state index in [2.05, 4.69) is 10.3 Å².